The molecule has 0 saturated carbocycles. The van der Waals surface area contributed by atoms with Gasteiger partial charge >= 0.3 is 7.82 Å². The third-order valence-electron chi connectivity index (χ3n) is 4.30. The smallest absolute Gasteiger partial charge is 0.394 e. The third kappa shape index (κ3) is 12.5. The highest BCUT2D eigenvalue weighted by Gasteiger charge is 2.09. The van der Waals surface area contributed by atoms with Crippen LogP contribution in [0.3, 0.4) is 0 Å². The van der Waals surface area contributed by atoms with Gasteiger partial charge in [0.25, 0.3) is 0 Å². The lowest BCUT2D eigenvalue weighted by Gasteiger charge is -2.13. The largest absolute Gasteiger partial charge is 0.466 e. The molecule has 0 fully saturated rings. The van der Waals surface area contributed by atoms with Crippen molar-refractivity contribution in [2.75, 3.05) is 13.2 Å². The maximum atomic E-state index is 8.88. The van der Waals surface area contributed by atoms with Gasteiger partial charge in [0.1, 0.15) is 0 Å². The Morgan fingerprint density at radius 2 is 1.30 bits per heavy atom. The Morgan fingerprint density at radius 1 is 0.818 bits per heavy atom. The maximum Gasteiger partial charge on any atom is 0.466 e. The summed E-state index contributed by atoms with van der Waals surface area (Å²) in [6.07, 6.45) is -0.612. The molecule has 3 rings (SSSR count). The lowest BCUT2D eigenvalue weighted by atomic mass is 9.91. The molecular formula is C25H33O7P. The number of ether oxygens (including phenoxy) is 1. The molecule has 0 bridgehead atoms. The first-order valence-corrected chi connectivity index (χ1v) is 12.0. The molecule has 0 aliphatic rings. The fourth-order valence-corrected chi connectivity index (χ4v) is 2.87. The van der Waals surface area contributed by atoms with E-state index in [4.69, 9.17) is 34.2 Å². The molecule has 0 saturated heterocycles. The number of aliphatic hydroxyl groups is 2. The van der Waals surface area contributed by atoms with Gasteiger partial charge in [0.05, 0.1) is 25.4 Å². The van der Waals surface area contributed by atoms with E-state index in [-0.39, 0.29) is 12.7 Å². The second-order valence-corrected chi connectivity index (χ2v) is 8.44. The molecular weight excluding hydrogens is 443 g/mol. The van der Waals surface area contributed by atoms with Crippen LogP contribution in [0.1, 0.15) is 19.4 Å². The summed E-state index contributed by atoms with van der Waals surface area (Å²) in [6, 6.07) is 27.7. The van der Waals surface area contributed by atoms with Gasteiger partial charge in [-0.1, -0.05) is 78.9 Å². The van der Waals surface area contributed by atoms with E-state index in [1.54, 1.807) is 13.8 Å². The third-order valence-corrected chi connectivity index (χ3v) is 4.30. The van der Waals surface area contributed by atoms with Gasteiger partial charge in [0.15, 0.2) is 0 Å². The van der Waals surface area contributed by atoms with Crippen molar-refractivity contribution in [2.45, 2.75) is 33.0 Å². The molecule has 5 N–H and O–H groups in total. The molecule has 3 aromatic carbocycles. The summed E-state index contributed by atoms with van der Waals surface area (Å²) in [5.41, 5.74) is 6.48. The Balaban J connectivity index is 0.000000326. The van der Waals surface area contributed by atoms with E-state index in [0.717, 1.165) is 0 Å². The number of phosphoric acid groups is 1. The molecule has 2 unspecified atom stereocenters. The van der Waals surface area contributed by atoms with Gasteiger partial charge in [0.2, 0.25) is 0 Å². The molecule has 8 heteroatoms. The summed E-state index contributed by atoms with van der Waals surface area (Å²) >= 11 is 0. The average Bonchev–Trinajstić information content (AvgIpc) is 2.77. The minimum Gasteiger partial charge on any atom is -0.394 e. The Morgan fingerprint density at radius 3 is 1.76 bits per heavy atom. The molecule has 0 aliphatic carbocycles. The van der Waals surface area contributed by atoms with Crippen LogP contribution in [-0.2, 0) is 9.30 Å². The van der Waals surface area contributed by atoms with Gasteiger partial charge in [-0.25, -0.2) is 4.57 Å². The fourth-order valence-electron chi connectivity index (χ4n) is 2.87. The molecule has 0 amide bonds. The van der Waals surface area contributed by atoms with Crippen molar-refractivity contribution in [2.24, 2.45) is 0 Å². The summed E-state index contributed by atoms with van der Waals surface area (Å²) in [4.78, 5) is 21.6. The molecule has 7 nitrogen and oxygen atoms in total. The van der Waals surface area contributed by atoms with Gasteiger partial charge in [-0.2, -0.15) is 0 Å². The van der Waals surface area contributed by atoms with Crippen molar-refractivity contribution in [1.82, 2.24) is 0 Å². The van der Waals surface area contributed by atoms with Gasteiger partial charge in [0, 0.05) is 0 Å². The molecule has 33 heavy (non-hydrogen) atoms. The highest BCUT2D eigenvalue weighted by Crippen LogP contribution is 2.34. The summed E-state index contributed by atoms with van der Waals surface area (Å²) in [6.45, 7) is 5.87. The lowest BCUT2D eigenvalue weighted by Crippen LogP contribution is -2.19. The number of aryl methyl sites for hydroxylation is 1. The van der Waals surface area contributed by atoms with Crippen molar-refractivity contribution in [3.8, 4) is 22.3 Å². The first kappa shape index (κ1) is 28.7. The van der Waals surface area contributed by atoms with Crippen LogP contribution in [0, 0.1) is 6.92 Å². The van der Waals surface area contributed by atoms with Gasteiger partial charge < -0.3 is 29.6 Å². The van der Waals surface area contributed by atoms with Crippen molar-refractivity contribution in [1.29, 1.82) is 0 Å². The Bertz CT molecular complexity index is 964. The average molecular weight is 477 g/mol. The first-order valence-electron chi connectivity index (χ1n) is 10.4. The van der Waals surface area contributed by atoms with E-state index in [1.165, 1.54) is 27.8 Å². The molecule has 0 aromatic heterocycles. The molecule has 0 aliphatic heterocycles. The van der Waals surface area contributed by atoms with Gasteiger partial charge in [-0.05, 0) is 48.6 Å². The van der Waals surface area contributed by atoms with E-state index in [9.17, 15) is 0 Å². The van der Waals surface area contributed by atoms with Gasteiger partial charge in [-0.15, -0.1) is 0 Å². The van der Waals surface area contributed by atoms with E-state index in [2.05, 4.69) is 85.8 Å². The standard InChI is InChI=1S/C19H16.C6H14O3.H3O4P/c1-15-9-8-14-18(16-10-4-2-5-11-16)19(15)17-12-6-3-7-13-17;1-5(8)4-9-6(2)3-7;1-5(2,3)4/h2-14H,1H3;5-8H,3-4H2,1-2H3;(H3,1,2,3,4). The van der Waals surface area contributed by atoms with Crippen LogP contribution in [0.25, 0.3) is 22.3 Å². The van der Waals surface area contributed by atoms with Gasteiger partial charge in [-0.3, -0.25) is 0 Å². The zero-order valence-electron chi connectivity index (χ0n) is 19.1. The molecule has 180 valence electrons. The summed E-state index contributed by atoms with van der Waals surface area (Å²) < 4.78 is 13.8. The number of rotatable bonds is 6. The van der Waals surface area contributed by atoms with E-state index in [1.807, 2.05) is 0 Å². The van der Waals surface area contributed by atoms with E-state index < -0.39 is 13.9 Å². The van der Waals surface area contributed by atoms with Crippen LogP contribution in [-0.4, -0.2) is 50.3 Å². The molecule has 2 atom stereocenters. The first-order chi connectivity index (χ1) is 15.5. The molecule has 0 radical (unpaired) electrons. The Kier molecular flexibility index (Phi) is 12.8. The van der Waals surface area contributed by atoms with Crippen LogP contribution in [0.4, 0.5) is 0 Å². The highest BCUT2D eigenvalue weighted by molar-refractivity contribution is 7.45. The van der Waals surface area contributed by atoms with Crippen LogP contribution >= 0.6 is 7.82 Å². The normalized spacial score (nSPS) is 12.5. The van der Waals surface area contributed by atoms with E-state index >= 15 is 0 Å². The van der Waals surface area contributed by atoms with Crippen LogP contribution < -0.4 is 0 Å². The lowest BCUT2D eigenvalue weighted by molar-refractivity contribution is -0.0177. The number of benzene rings is 3. The van der Waals surface area contributed by atoms with Crippen molar-refractivity contribution < 1.29 is 34.2 Å². The predicted octanol–water partition coefficient (Wildman–Crippen LogP) is 4.17. The predicted molar refractivity (Wildman–Crippen MR) is 130 cm³/mol. The molecule has 3 aromatic rings. The summed E-state index contributed by atoms with van der Waals surface area (Å²) in [7, 11) is -4.64. The fraction of sp³-hybridized carbons (Fsp3) is 0.280. The monoisotopic (exact) mass is 476 g/mol. The zero-order chi connectivity index (χ0) is 24.9. The zero-order valence-corrected chi connectivity index (χ0v) is 20.0. The van der Waals surface area contributed by atoms with Crippen LogP contribution in [0.2, 0.25) is 0 Å². The van der Waals surface area contributed by atoms with Crippen molar-refractivity contribution in [3.05, 3.63) is 84.4 Å². The van der Waals surface area contributed by atoms with Crippen molar-refractivity contribution >= 4 is 7.82 Å². The minimum absolute atomic E-state index is 0.00667. The quantitative estimate of drug-likeness (QED) is 0.338. The topological polar surface area (TPSA) is 127 Å². The van der Waals surface area contributed by atoms with Crippen LogP contribution in [0.5, 0.6) is 0 Å². The number of hydrogen-bond acceptors (Lipinski definition) is 4. The minimum atomic E-state index is -4.64. The molecule has 0 spiro atoms. The second-order valence-electron chi connectivity index (χ2n) is 7.42. The Hall–Kier alpha value is -2.35. The summed E-state index contributed by atoms with van der Waals surface area (Å²) in [5.74, 6) is 0. The Labute approximate surface area is 195 Å². The second kappa shape index (κ2) is 14.7. The number of hydrogen-bond donors (Lipinski definition) is 5. The maximum absolute atomic E-state index is 8.88. The van der Waals surface area contributed by atoms with E-state index in [0.29, 0.717) is 6.61 Å². The number of aliphatic hydroxyl groups excluding tert-OH is 2. The van der Waals surface area contributed by atoms with Crippen LogP contribution in [0.15, 0.2) is 78.9 Å². The van der Waals surface area contributed by atoms with Crippen molar-refractivity contribution in [3.63, 3.8) is 0 Å². The highest BCUT2D eigenvalue weighted by atomic mass is 31.2. The SMILES string of the molecule is CC(O)COC(C)CO.Cc1cccc(-c2ccccc2)c1-c1ccccc1.O=P(O)(O)O. The molecule has 0 heterocycles. The summed E-state index contributed by atoms with van der Waals surface area (Å²) in [5, 5.41) is 17.1.